The van der Waals surface area contributed by atoms with Crippen molar-refractivity contribution in [2.45, 2.75) is 12.8 Å². The van der Waals surface area contributed by atoms with Gasteiger partial charge in [-0.15, -0.1) is 11.6 Å². The lowest BCUT2D eigenvalue weighted by atomic mass is 10.3. The van der Waals surface area contributed by atoms with E-state index in [0.29, 0.717) is 12.3 Å². The Hall–Kier alpha value is -0.280. The Balaban J connectivity index is 0. The van der Waals surface area contributed by atoms with Crippen LogP contribution in [0.5, 0.6) is 0 Å². The molecule has 0 amide bonds. The third-order valence-corrected chi connectivity index (χ3v) is 0.792. The van der Waals surface area contributed by atoms with Crippen LogP contribution in [-0.4, -0.2) is 43.0 Å². The molecule has 1 N–H and O–H groups in total. The molecule has 0 unspecified atom stereocenters. The molecule has 0 radical (unpaired) electrons. The molecule has 4 heteroatoms. The number of halogens is 1. The molecule has 0 aromatic carbocycles. The van der Waals surface area contributed by atoms with Crippen LogP contribution in [0.25, 0.3) is 0 Å². The first-order valence-corrected chi connectivity index (χ1v) is 3.92. The lowest BCUT2D eigenvalue weighted by molar-refractivity contribution is -0.137. The monoisotopic (exact) mass is 181 g/mol. The van der Waals surface area contributed by atoms with Gasteiger partial charge in [0.15, 0.2) is 0 Å². The summed E-state index contributed by atoms with van der Waals surface area (Å²) in [6.45, 7) is 0. The molecule has 0 heterocycles. The van der Waals surface area contributed by atoms with Gasteiger partial charge in [0, 0.05) is 12.3 Å². The zero-order valence-electron chi connectivity index (χ0n) is 7.30. The summed E-state index contributed by atoms with van der Waals surface area (Å²) in [7, 11) is 6.00. The molecule has 3 nitrogen and oxygen atoms in total. The molecule has 0 fully saturated rings. The Bertz CT molecular complexity index is 93.7. The van der Waals surface area contributed by atoms with Gasteiger partial charge in [0.25, 0.3) is 0 Å². The lowest BCUT2D eigenvalue weighted by Gasteiger charge is -1.90. The van der Waals surface area contributed by atoms with Gasteiger partial charge in [-0.25, -0.2) is 0 Å². The number of rotatable bonds is 3. The highest BCUT2D eigenvalue weighted by atomic mass is 35.5. The molecule has 0 saturated heterocycles. The first-order chi connectivity index (χ1) is 5.00. The van der Waals surface area contributed by atoms with Crippen LogP contribution in [0.2, 0.25) is 0 Å². The summed E-state index contributed by atoms with van der Waals surface area (Å²) in [6, 6.07) is 0. The molecule has 0 saturated carbocycles. The Kier molecular flexibility index (Phi) is 11.8. The van der Waals surface area contributed by atoms with Crippen molar-refractivity contribution >= 4 is 17.6 Å². The number of carbonyl (C=O) groups is 1. The van der Waals surface area contributed by atoms with E-state index >= 15 is 0 Å². The Morgan fingerprint density at radius 3 is 1.91 bits per heavy atom. The number of hydrogen-bond donors (Lipinski definition) is 1. The quantitative estimate of drug-likeness (QED) is 0.667. The van der Waals surface area contributed by atoms with Crippen molar-refractivity contribution in [3.05, 3.63) is 0 Å². The number of carboxylic acids is 1. The van der Waals surface area contributed by atoms with Crippen LogP contribution in [0.4, 0.5) is 0 Å². The minimum absolute atomic E-state index is 0.184. The summed E-state index contributed by atoms with van der Waals surface area (Å²) in [5, 5.41) is 7.99. The summed E-state index contributed by atoms with van der Waals surface area (Å²) in [5.74, 6) is -0.340. The molecular formula is C7H16ClNO2. The predicted molar refractivity (Wildman–Crippen MR) is 47.2 cm³/mol. The summed E-state index contributed by atoms with van der Waals surface area (Å²) in [5.41, 5.74) is 0. The van der Waals surface area contributed by atoms with Crippen molar-refractivity contribution < 1.29 is 9.90 Å². The third kappa shape index (κ3) is 41.9. The molecule has 0 atom stereocenters. The maximum atomic E-state index is 9.70. The maximum absolute atomic E-state index is 9.70. The van der Waals surface area contributed by atoms with Crippen LogP contribution in [0, 0.1) is 0 Å². The van der Waals surface area contributed by atoms with E-state index in [1.165, 1.54) is 0 Å². The maximum Gasteiger partial charge on any atom is 0.303 e. The zero-order chi connectivity index (χ0) is 9.28. The Morgan fingerprint density at radius 1 is 1.45 bits per heavy atom. The fraction of sp³-hybridized carbons (Fsp3) is 0.857. The van der Waals surface area contributed by atoms with Crippen LogP contribution < -0.4 is 0 Å². The molecule has 0 aliphatic carbocycles. The molecule has 0 spiro atoms. The largest absolute Gasteiger partial charge is 0.481 e. The highest BCUT2D eigenvalue weighted by Crippen LogP contribution is 1.89. The number of alkyl halides is 1. The SMILES string of the molecule is CN(C)C.O=C(O)CCCCl. The molecule has 0 aliphatic heterocycles. The lowest BCUT2D eigenvalue weighted by Crippen LogP contribution is -1.99. The first kappa shape index (κ1) is 13.3. The van der Waals surface area contributed by atoms with E-state index in [0.717, 1.165) is 0 Å². The summed E-state index contributed by atoms with van der Waals surface area (Å²) in [6.07, 6.45) is 0.750. The van der Waals surface area contributed by atoms with E-state index in [4.69, 9.17) is 16.7 Å². The van der Waals surface area contributed by atoms with E-state index < -0.39 is 5.97 Å². The van der Waals surface area contributed by atoms with E-state index in [1.807, 2.05) is 26.0 Å². The van der Waals surface area contributed by atoms with Crippen molar-refractivity contribution in [3.8, 4) is 0 Å². The van der Waals surface area contributed by atoms with Gasteiger partial charge in [0.05, 0.1) is 0 Å². The molecular weight excluding hydrogens is 166 g/mol. The van der Waals surface area contributed by atoms with Gasteiger partial charge in [-0.3, -0.25) is 4.79 Å². The zero-order valence-corrected chi connectivity index (χ0v) is 8.06. The minimum Gasteiger partial charge on any atom is -0.481 e. The topological polar surface area (TPSA) is 40.5 Å². The van der Waals surface area contributed by atoms with Gasteiger partial charge in [0.1, 0.15) is 0 Å². The molecule has 0 rings (SSSR count). The van der Waals surface area contributed by atoms with E-state index in [9.17, 15) is 4.79 Å². The predicted octanol–water partition coefficient (Wildman–Crippen LogP) is 1.27. The highest BCUT2D eigenvalue weighted by Gasteiger charge is 1.91. The van der Waals surface area contributed by atoms with Crippen molar-refractivity contribution in [1.82, 2.24) is 4.90 Å². The second-order valence-electron chi connectivity index (χ2n) is 2.53. The smallest absolute Gasteiger partial charge is 0.303 e. The van der Waals surface area contributed by atoms with Crippen LogP contribution in [-0.2, 0) is 4.79 Å². The van der Waals surface area contributed by atoms with Gasteiger partial charge in [0.2, 0.25) is 0 Å². The molecule has 0 aliphatic rings. The van der Waals surface area contributed by atoms with Gasteiger partial charge < -0.3 is 10.0 Å². The molecule has 11 heavy (non-hydrogen) atoms. The number of hydrogen-bond acceptors (Lipinski definition) is 2. The Labute approximate surface area is 73.0 Å². The van der Waals surface area contributed by atoms with Gasteiger partial charge in [-0.05, 0) is 27.6 Å². The van der Waals surface area contributed by atoms with Crippen LogP contribution in [0.3, 0.4) is 0 Å². The van der Waals surface area contributed by atoms with Crippen molar-refractivity contribution in [1.29, 1.82) is 0 Å². The van der Waals surface area contributed by atoms with Gasteiger partial charge in [-0.1, -0.05) is 0 Å². The second kappa shape index (κ2) is 9.72. The van der Waals surface area contributed by atoms with Gasteiger partial charge >= 0.3 is 5.97 Å². The van der Waals surface area contributed by atoms with Crippen LogP contribution in [0.1, 0.15) is 12.8 Å². The summed E-state index contributed by atoms with van der Waals surface area (Å²) >= 11 is 5.18. The normalized spacial score (nSPS) is 8.82. The standard InChI is InChI=1S/C4H7ClO2.C3H9N/c5-3-1-2-4(6)7;1-4(2)3/h1-3H2,(H,6,7);1-3H3. The Morgan fingerprint density at radius 2 is 1.82 bits per heavy atom. The van der Waals surface area contributed by atoms with Crippen molar-refractivity contribution in [2.75, 3.05) is 27.0 Å². The molecule has 0 aromatic heterocycles. The summed E-state index contributed by atoms with van der Waals surface area (Å²) in [4.78, 5) is 11.7. The molecule has 0 bridgehead atoms. The van der Waals surface area contributed by atoms with E-state index in [2.05, 4.69) is 0 Å². The number of nitrogens with zero attached hydrogens (tertiary/aromatic N) is 1. The minimum atomic E-state index is -0.777. The summed E-state index contributed by atoms with van der Waals surface area (Å²) < 4.78 is 0. The average Bonchev–Trinajstić information content (AvgIpc) is 1.82. The van der Waals surface area contributed by atoms with E-state index in [-0.39, 0.29) is 6.42 Å². The van der Waals surface area contributed by atoms with Crippen LogP contribution in [0.15, 0.2) is 0 Å². The van der Waals surface area contributed by atoms with Crippen LogP contribution >= 0.6 is 11.6 Å². The average molecular weight is 182 g/mol. The highest BCUT2D eigenvalue weighted by molar-refractivity contribution is 6.17. The van der Waals surface area contributed by atoms with Crippen molar-refractivity contribution in [3.63, 3.8) is 0 Å². The van der Waals surface area contributed by atoms with Crippen molar-refractivity contribution in [2.24, 2.45) is 0 Å². The third-order valence-electron chi connectivity index (χ3n) is 0.524. The second-order valence-corrected chi connectivity index (χ2v) is 2.91. The van der Waals surface area contributed by atoms with E-state index in [1.54, 1.807) is 0 Å². The van der Waals surface area contributed by atoms with Gasteiger partial charge in [-0.2, -0.15) is 0 Å². The first-order valence-electron chi connectivity index (χ1n) is 3.39. The fourth-order valence-corrected chi connectivity index (χ4v) is 0.352. The molecule has 68 valence electrons. The number of carboxylic acid groups (broad SMARTS) is 1. The number of aliphatic carboxylic acids is 1. The fourth-order valence-electron chi connectivity index (χ4n) is 0.218. The molecule has 0 aromatic rings.